The zero-order valence-corrected chi connectivity index (χ0v) is 17.5. The smallest absolute Gasteiger partial charge is 0.191 e. The first kappa shape index (κ1) is 22.9. The van der Waals surface area contributed by atoms with Gasteiger partial charge in [0.1, 0.15) is 0 Å². The Morgan fingerprint density at radius 3 is 2.52 bits per heavy atom. The summed E-state index contributed by atoms with van der Waals surface area (Å²) in [5.41, 5.74) is 0. The normalized spacial score (nSPS) is 17.7. The fourth-order valence-corrected chi connectivity index (χ4v) is 2.61. The van der Waals surface area contributed by atoms with Gasteiger partial charge in [0.15, 0.2) is 5.96 Å². The maximum atomic E-state index is 5.46. The molecule has 0 saturated carbocycles. The van der Waals surface area contributed by atoms with Gasteiger partial charge in [-0.25, -0.2) is 0 Å². The molecule has 6 nitrogen and oxygen atoms in total. The first-order valence-corrected chi connectivity index (χ1v) is 8.52. The third-order valence-electron chi connectivity index (χ3n) is 3.88. The van der Waals surface area contributed by atoms with Crippen LogP contribution < -0.4 is 10.6 Å². The third-order valence-corrected chi connectivity index (χ3v) is 3.88. The summed E-state index contributed by atoms with van der Waals surface area (Å²) in [5, 5.41) is 6.68. The summed E-state index contributed by atoms with van der Waals surface area (Å²) < 4.78 is 10.5. The second-order valence-electron chi connectivity index (χ2n) is 5.95. The predicted octanol–water partition coefficient (Wildman–Crippen LogP) is 1.55. The summed E-state index contributed by atoms with van der Waals surface area (Å²) >= 11 is 0. The summed E-state index contributed by atoms with van der Waals surface area (Å²) in [6.07, 6.45) is 0.984. The van der Waals surface area contributed by atoms with Crippen molar-refractivity contribution in [1.82, 2.24) is 15.5 Å². The molecular weight excluding hydrogens is 407 g/mol. The average Bonchev–Trinajstić information content (AvgIpc) is 2.52. The van der Waals surface area contributed by atoms with Crippen molar-refractivity contribution in [2.75, 3.05) is 59.7 Å². The molecule has 1 fully saturated rings. The maximum absolute atomic E-state index is 5.46. The summed E-state index contributed by atoms with van der Waals surface area (Å²) in [4.78, 5) is 7.29. The van der Waals surface area contributed by atoms with Crippen molar-refractivity contribution in [1.29, 1.82) is 0 Å². The Bertz CT molecular complexity index is 310. The van der Waals surface area contributed by atoms with Gasteiger partial charge in [-0.3, -0.25) is 9.89 Å². The van der Waals surface area contributed by atoms with Crippen LogP contribution in [0.1, 0.15) is 27.2 Å². The van der Waals surface area contributed by atoms with E-state index in [1.165, 1.54) is 0 Å². The molecule has 1 rings (SSSR count). The van der Waals surface area contributed by atoms with Crippen LogP contribution in [0.25, 0.3) is 0 Å². The molecule has 138 valence electrons. The zero-order valence-electron chi connectivity index (χ0n) is 15.1. The largest absolute Gasteiger partial charge is 0.385 e. The van der Waals surface area contributed by atoms with E-state index in [4.69, 9.17) is 14.5 Å². The van der Waals surface area contributed by atoms with E-state index in [1.54, 1.807) is 7.11 Å². The van der Waals surface area contributed by atoms with Crippen LogP contribution in [0, 0.1) is 5.92 Å². The molecule has 2 N–H and O–H groups in total. The fraction of sp³-hybridized carbons (Fsp3) is 0.938. The number of nitrogens with zero attached hydrogens (tertiary/aromatic N) is 2. The molecule has 0 spiro atoms. The minimum atomic E-state index is 0. The Morgan fingerprint density at radius 2 is 1.96 bits per heavy atom. The lowest BCUT2D eigenvalue weighted by Gasteiger charge is -2.36. The lowest BCUT2D eigenvalue weighted by Crippen LogP contribution is -2.48. The second kappa shape index (κ2) is 14.2. The Balaban J connectivity index is 0.00000484. The van der Waals surface area contributed by atoms with Crippen LogP contribution in [0.3, 0.4) is 0 Å². The highest BCUT2D eigenvalue weighted by molar-refractivity contribution is 14.0. The Kier molecular flexibility index (Phi) is 14.2. The number of rotatable bonds is 9. The Morgan fingerprint density at radius 1 is 1.26 bits per heavy atom. The van der Waals surface area contributed by atoms with Gasteiger partial charge in [-0.1, -0.05) is 13.8 Å². The SMILES string of the molecule is CCNC(=NCC(C(C)C)N1CCOCC1)NCCCOC.I. The highest BCUT2D eigenvalue weighted by Gasteiger charge is 2.23. The number of hydrogen-bond donors (Lipinski definition) is 2. The van der Waals surface area contributed by atoms with Gasteiger partial charge < -0.3 is 20.1 Å². The lowest BCUT2D eigenvalue weighted by atomic mass is 10.0. The van der Waals surface area contributed by atoms with Crippen LogP contribution in [-0.4, -0.2) is 76.6 Å². The number of morpholine rings is 1. The van der Waals surface area contributed by atoms with Crippen molar-refractivity contribution in [2.45, 2.75) is 33.2 Å². The zero-order chi connectivity index (χ0) is 16.2. The van der Waals surface area contributed by atoms with Gasteiger partial charge in [0, 0.05) is 45.9 Å². The number of guanidine groups is 1. The highest BCUT2D eigenvalue weighted by Crippen LogP contribution is 2.13. The van der Waals surface area contributed by atoms with E-state index in [1.807, 2.05) is 0 Å². The minimum Gasteiger partial charge on any atom is -0.385 e. The molecule has 1 saturated heterocycles. The molecule has 1 unspecified atom stereocenters. The van der Waals surface area contributed by atoms with E-state index < -0.39 is 0 Å². The van der Waals surface area contributed by atoms with Gasteiger partial charge in [0.05, 0.1) is 19.8 Å². The second-order valence-corrected chi connectivity index (χ2v) is 5.95. The van der Waals surface area contributed by atoms with E-state index in [-0.39, 0.29) is 24.0 Å². The Labute approximate surface area is 158 Å². The lowest BCUT2D eigenvalue weighted by molar-refractivity contribution is 0.00867. The molecule has 23 heavy (non-hydrogen) atoms. The number of ether oxygens (including phenoxy) is 2. The van der Waals surface area contributed by atoms with Crippen molar-refractivity contribution in [3.8, 4) is 0 Å². The van der Waals surface area contributed by atoms with Crippen LogP contribution >= 0.6 is 24.0 Å². The van der Waals surface area contributed by atoms with Crippen molar-refractivity contribution < 1.29 is 9.47 Å². The van der Waals surface area contributed by atoms with Gasteiger partial charge in [-0.05, 0) is 19.3 Å². The van der Waals surface area contributed by atoms with Crippen LogP contribution in [0.2, 0.25) is 0 Å². The molecule has 0 aromatic carbocycles. The van der Waals surface area contributed by atoms with Crippen molar-refractivity contribution >= 4 is 29.9 Å². The summed E-state index contributed by atoms with van der Waals surface area (Å²) in [7, 11) is 1.73. The predicted molar refractivity (Wildman–Crippen MR) is 107 cm³/mol. The number of halogens is 1. The fourth-order valence-electron chi connectivity index (χ4n) is 2.61. The van der Waals surface area contributed by atoms with E-state index in [2.05, 4.69) is 36.3 Å². The van der Waals surface area contributed by atoms with E-state index in [0.29, 0.717) is 12.0 Å². The van der Waals surface area contributed by atoms with E-state index >= 15 is 0 Å². The molecule has 0 radical (unpaired) electrons. The minimum absolute atomic E-state index is 0. The maximum Gasteiger partial charge on any atom is 0.191 e. The van der Waals surface area contributed by atoms with Crippen molar-refractivity contribution in [2.24, 2.45) is 10.9 Å². The quantitative estimate of drug-likeness (QED) is 0.246. The average molecular weight is 442 g/mol. The van der Waals surface area contributed by atoms with Gasteiger partial charge in [-0.15, -0.1) is 24.0 Å². The molecule has 1 aliphatic heterocycles. The van der Waals surface area contributed by atoms with Crippen LogP contribution in [0.15, 0.2) is 4.99 Å². The molecule has 0 aromatic heterocycles. The summed E-state index contributed by atoms with van der Waals surface area (Å²) in [5.74, 6) is 1.48. The molecule has 1 heterocycles. The van der Waals surface area contributed by atoms with Gasteiger partial charge in [0.25, 0.3) is 0 Å². The molecule has 0 aliphatic carbocycles. The van der Waals surface area contributed by atoms with Gasteiger partial charge in [-0.2, -0.15) is 0 Å². The first-order valence-electron chi connectivity index (χ1n) is 8.52. The van der Waals surface area contributed by atoms with E-state index in [9.17, 15) is 0 Å². The van der Waals surface area contributed by atoms with Crippen LogP contribution in [0.4, 0.5) is 0 Å². The van der Waals surface area contributed by atoms with Crippen LogP contribution in [-0.2, 0) is 9.47 Å². The molecule has 1 atom stereocenters. The molecule has 0 aromatic rings. The van der Waals surface area contributed by atoms with Gasteiger partial charge in [0.2, 0.25) is 0 Å². The van der Waals surface area contributed by atoms with Crippen molar-refractivity contribution in [3.63, 3.8) is 0 Å². The summed E-state index contributed by atoms with van der Waals surface area (Å²) in [6, 6.07) is 0.471. The highest BCUT2D eigenvalue weighted by atomic mass is 127. The Hall–Kier alpha value is -0.120. The molecule has 0 bridgehead atoms. The third kappa shape index (κ3) is 9.69. The standard InChI is InChI=1S/C16H34N4O2.HI/c1-5-17-16(18-7-6-10-21-4)19-13-15(14(2)3)20-8-11-22-12-9-20;/h14-15H,5-13H2,1-4H3,(H2,17,18,19);1H. The number of hydrogen-bond acceptors (Lipinski definition) is 4. The first-order chi connectivity index (χ1) is 10.7. The number of methoxy groups -OCH3 is 1. The molecular formula is C16H35IN4O2. The number of nitrogens with one attached hydrogen (secondary N) is 2. The van der Waals surface area contributed by atoms with Gasteiger partial charge >= 0.3 is 0 Å². The molecule has 1 aliphatic rings. The molecule has 7 heteroatoms. The van der Waals surface area contributed by atoms with Crippen LogP contribution in [0.5, 0.6) is 0 Å². The molecule has 0 amide bonds. The van der Waals surface area contributed by atoms with E-state index in [0.717, 1.165) is 64.9 Å². The summed E-state index contributed by atoms with van der Waals surface area (Å²) in [6.45, 7) is 13.7. The monoisotopic (exact) mass is 442 g/mol. The topological polar surface area (TPSA) is 58.1 Å². The number of aliphatic imine (C=N–C) groups is 1. The van der Waals surface area contributed by atoms with Crippen molar-refractivity contribution in [3.05, 3.63) is 0 Å².